The van der Waals surface area contributed by atoms with E-state index >= 15 is 0 Å². The Morgan fingerprint density at radius 1 is 1.56 bits per heavy atom. The van der Waals surface area contributed by atoms with Gasteiger partial charge in [-0.1, -0.05) is 30.1 Å². The van der Waals surface area contributed by atoms with Crippen LogP contribution < -0.4 is 34.3 Å². The second kappa shape index (κ2) is 7.41. The van der Waals surface area contributed by atoms with Crippen LogP contribution in [0.1, 0.15) is 14.8 Å². The smallest absolute Gasteiger partial charge is 1.00 e. The van der Waals surface area contributed by atoms with Crippen LogP contribution in [-0.4, -0.2) is 17.2 Å². The Morgan fingerprint density at radius 3 is 2.62 bits per heavy atom. The van der Waals surface area contributed by atoms with Gasteiger partial charge in [0.1, 0.15) is 5.75 Å². The molecule has 0 aromatic heterocycles. The third-order valence-corrected chi connectivity index (χ3v) is 2.34. The second-order valence-corrected chi connectivity index (χ2v) is 3.77. The summed E-state index contributed by atoms with van der Waals surface area (Å²) in [4.78, 5) is 10.7. The molecule has 0 bridgehead atoms. The first-order chi connectivity index (χ1) is 7.04. The Morgan fingerprint density at radius 2 is 2.19 bits per heavy atom. The van der Waals surface area contributed by atoms with E-state index in [2.05, 4.69) is 0 Å². The van der Waals surface area contributed by atoms with Crippen molar-refractivity contribution in [3.63, 3.8) is 0 Å². The van der Waals surface area contributed by atoms with Crippen molar-refractivity contribution < 1.29 is 45.6 Å². The van der Waals surface area contributed by atoms with Gasteiger partial charge in [-0.15, -0.1) is 0 Å². The molecule has 0 amide bonds. The normalized spacial score (nSPS) is 11.4. The molecule has 0 aliphatic rings. The van der Waals surface area contributed by atoms with Crippen molar-refractivity contribution in [3.05, 3.63) is 28.2 Å². The number of halogens is 2. The van der Waals surface area contributed by atoms with Gasteiger partial charge in [0.25, 0.3) is 0 Å². The van der Waals surface area contributed by atoms with Crippen LogP contribution in [0.4, 0.5) is 0 Å². The van der Waals surface area contributed by atoms with Gasteiger partial charge in [-0.3, -0.25) is 0 Å². The molecule has 1 atom stereocenters. The van der Waals surface area contributed by atoms with Gasteiger partial charge in [0, 0.05) is 5.02 Å². The summed E-state index contributed by atoms with van der Waals surface area (Å²) in [5.41, 5.74) is 0. The Labute approximate surface area is 127 Å². The summed E-state index contributed by atoms with van der Waals surface area (Å²) >= 11 is 11.5. The monoisotopic (exact) mass is 272 g/mol. The zero-order chi connectivity index (χ0) is 11.4. The molecule has 3 nitrogen and oxygen atoms in total. The molecule has 0 heterocycles. The molecule has 0 aliphatic carbocycles. The van der Waals surface area contributed by atoms with E-state index in [4.69, 9.17) is 33.0 Å². The largest absolute Gasteiger partial charge is 1.00 e. The maximum absolute atomic E-state index is 10.7. The first-order valence-corrected chi connectivity index (χ1v) is 5.14. The molecular formula is C10H11Cl2NaO3. The van der Waals surface area contributed by atoms with Crippen molar-refractivity contribution in [1.29, 1.82) is 0 Å². The van der Waals surface area contributed by atoms with Crippen LogP contribution in [-0.2, 0) is 4.79 Å². The van der Waals surface area contributed by atoms with Crippen molar-refractivity contribution in [2.75, 3.05) is 0 Å². The molecule has 0 spiro atoms. The average Bonchev–Trinajstić information content (AvgIpc) is 2.16. The van der Waals surface area contributed by atoms with E-state index in [0.29, 0.717) is 22.2 Å². The number of benzene rings is 1. The Kier molecular flexibility index (Phi) is 7.44. The minimum atomic E-state index is -1.01. The van der Waals surface area contributed by atoms with Crippen LogP contribution in [0.25, 0.3) is 0 Å². The van der Waals surface area contributed by atoms with Crippen molar-refractivity contribution in [2.24, 2.45) is 0 Å². The van der Waals surface area contributed by atoms with Crippen LogP contribution in [0.15, 0.2) is 18.2 Å². The van der Waals surface area contributed by atoms with E-state index in [9.17, 15) is 4.79 Å². The zero-order valence-electron chi connectivity index (χ0n) is 10.0. The SMILES string of the molecule is CCC(Oc1ccc(Cl)cc1Cl)C(=O)O.[H-].[Na+]. The van der Waals surface area contributed by atoms with Gasteiger partial charge in [-0.2, -0.15) is 0 Å². The molecular weight excluding hydrogens is 262 g/mol. The maximum atomic E-state index is 10.7. The molecule has 0 aliphatic heterocycles. The Hall–Kier alpha value is 0.0700. The molecule has 1 rings (SSSR count). The fourth-order valence-corrected chi connectivity index (χ4v) is 1.49. The quantitative estimate of drug-likeness (QED) is 0.805. The molecule has 1 aromatic carbocycles. The van der Waals surface area contributed by atoms with Crippen molar-refractivity contribution in [2.45, 2.75) is 19.4 Å². The molecule has 6 heteroatoms. The summed E-state index contributed by atoms with van der Waals surface area (Å²) in [6.45, 7) is 1.72. The number of aliphatic carboxylic acids is 1. The van der Waals surface area contributed by atoms with Gasteiger partial charge in [0.2, 0.25) is 0 Å². The number of hydrogen-bond donors (Lipinski definition) is 1. The predicted octanol–water partition coefficient (Wildman–Crippen LogP) is 0.352. The summed E-state index contributed by atoms with van der Waals surface area (Å²) in [5.74, 6) is -0.682. The number of ether oxygens (including phenoxy) is 1. The summed E-state index contributed by atoms with van der Waals surface area (Å²) in [6.07, 6.45) is -0.516. The van der Waals surface area contributed by atoms with E-state index in [-0.39, 0.29) is 31.0 Å². The van der Waals surface area contributed by atoms with Gasteiger partial charge < -0.3 is 11.3 Å². The topological polar surface area (TPSA) is 46.5 Å². The summed E-state index contributed by atoms with van der Waals surface area (Å²) in [6, 6.07) is 4.65. The van der Waals surface area contributed by atoms with E-state index in [1.807, 2.05) is 0 Å². The fourth-order valence-electron chi connectivity index (χ4n) is 1.03. The second-order valence-electron chi connectivity index (χ2n) is 2.93. The van der Waals surface area contributed by atoms with Crippen LogP contribution in [0, 0.1) is 0 Å². The van der Waals surface area contributed by atoms with Gasteiger partial charge in [0.15, 0.2) is 6.10 Å². The van der Waals surface area contributed by atoms with E-state index in [0.717, 1.165) is 0 Å². The van der Waals surface area contributed by atoms with Crippen molar-refractivity contribution in [1.82, 2.24) is 0 Å². The molecule has 1 aromatic rings. The Bertz CT molecular complexity index is 377. The number of rotatable bonds is 4. The van der Waals surface area contributed by atoms with Gasteiger partial charge in [0.05, 0.1) is 5.02 Å². The minimum Gasteiger partial charge on any atom is -1.00 e. The van der Waals surface area contributed by atoms with Gasteiger partial charge in [-0.25, -0.2) is 4.79 Å². The number of carboxylic acid groups (broad SMARTS) is 1. The van der Waals surface area contributed by atoms with Gasteiger partial charge >= 0.3 is 35.5 Å². The van der Waals surface area contributed by atoms with E-state index < -0.39 is 12.1 Å². The summed E-state index contributed by atoms with van der Waals surface area (Å²) in [7, 11) is 0. The number of hydrogen-bond acceptors (Lipinski definition) is 2. The molecule has 1 N–H and O–H groups in total. The van der Waals surface area contributed by atoms with Crippen molar-refractivity contribution >= 4 is 29.2 Å². The third kappa shape index (κ3) is 4.52. The standard InChI is InChI=1S/C10H10Cl2O3.Na.H/c1-2-8(10(13)14)15-9-4-3-6(11)5-7(9)12;;/h3-5,8H,2H2,1H3,(H,13,14);;/q;+1;-1. The summed E-state index contributed by atoms with van der Waals surface area (Å²) in [5, 5.41) is 9.58. The van der Waals surface area contributed by atoms with Crippen LogP contribution in [0.2, 0.25) is 10.0 Å². The van der Waals surface area contributed by atoms with Crippen LogP contribution in [0.5, 0.6) is 5.75 Å². The first-order valence-electron chi connectivity index (χ1n) is 4.39. The number of carboxylic acids is 1. The third-order valence-electron chi connectivity index (χ3n) is 1.81. The van der Waals surface area contributed by atoms with Crippen LogP contribution in [0.3, 0.4) is 0 Å². The molecule has 0 fully saturated rings. The zero-order valence-corrected chi connectivity index (χ0v) is 12.5. The molecule has 84 valence electrons. The Balaban J connectivity index is 0. The van der Waals surface area contributed by atoms with E-state index in [1.165, 1.54) is 6.07 Å². The van der Waals surface area contributed by atoms with Gasteiger partial charge in [-0.05, 0) is 24.6 Å². The van der Waals surface area contributed by atoms with Crippen molar-refractivity contribution in [3.8, 4) is 5.75 Å². The average molecular weight is 273 g/mol. The first kappa shape index (κ1) is 16.1. The maximum Gasteiger partial charge on any atom is 1.00 e. The molecule has 0 radical (unpaired) electrons. The number of carbonyl (C=O) groups is 1. The molecule has 16 heavy (non-hydrogen) atoms. The summed E-state index contributed by atoms with van der Waals surface area (Å²) < 4.78 is 5.22. The fraction of sp³-hybridized carbons (Fsp3) is 0.300. The van der Waals surface area contributed by atoms with Crippen LogP contribution >= 0.6 is 23.2 Å². The predicted molar refractivity (Wildman–Crippen MR) is 59.9 cm³/mol. The molecule has 0 saturated carbocycles. The molecule has 0 saturated heterocycles. The van der Waals surface area contributed by atoms with E-state index in [1.54, 1.807) is 19.1 Å². The molecule has 1 unspecified atom stereocenters. The minimum absolute atomic E-state index is 0.